The number of hydrogen-bond acceptors (Lipinski definition) is 3. The topological polar surface area (TPSA) is 29.5 Å². The molecule has 0 spiro atoms. The van der Waals surface area contributed by atoms with E-state index in [4.69, 9.17) is 4.74 Å². The Labute approximate surface area is 92.9 Å². The number of esters is 1. The lowest BCUT2D eigenvalue weighted by Crippen LogP contribution is -2.38. The Morgan fingerprint density at radius 3 is 3.08 bits per heavy atom. The molecule has 4 heteroatoms. The fourth-order valence-corrected chi connectivity index (χ4v) is 2.24. The van der Waals surface area contributed by atoms with Crippen molar-refractivity contribution >= 4 is 28.6 Å². The van der Waals surface area contributed by atoms with Crippen molar-refractivity contribution in [1.29, 1.82) is 0 Å². The second-order valence-electron chi connectivity index (χ2n) is 3.29. The SMILES string of the molecule is CCOC(=O)C1CCCN(CI)C1. The molecule has 1 rings (SSSR count). The van der Waals surface area contributed by atoms with Gasteiger partial charge in [-0.25, -0.2) is 0 Å². The highest BCUT2D eigenvalue weighted by atomic mass is 127. The molecule has 0 saturated carbocycles. The van der Waals surface area contributed by atoms with Gasteiger partial charge in [-0.15, -0.1) is 0 Å². The Morgan fingerprint density at radius 1 is 1.69 bits per heavy atom. The molecule has 0 aromatic rings. The molecular weight excluding hydrogens is 281 g/mol. The highest BCUT2D eigenvalue weighted by Gasteiger charge is 2.25. The van der Waals surface area contributed by atoms with E-state index in [0.29, 0.717) is 6.61 Å². The van der Waals surface area contributed by atoms with Gasteiger partial charge in [0.25, 0.3) is 0 Å². The number of rotatable bonds is 3. The average Bonchev–Trinajstić information content (AvgIpc) is 2.18. The van der Waals surface area contributed by atoms with Crippen LogP contribution >= 0.6 is 22.6 Å². The maximum Gasteiger partial charge on any atom is 0.310 e. The van der Waals surface area contributed by atoms with Gasteiger partial charge in [-0.05, 0) is 26.3 Å². The van der Waals surface area contributed by atoms with Crippen molar-refractivity contribution in [2.75, 3.05) is 24.2 Å². The van der Waals surface area contributed by atoms with Crippen molar-refractivity contribution in [3.63, 3.8) is 0 Å². The molecule has 0 bridgehead atoms. The molecule has 13 heavy (non-hydrogen) atoms. The molecule has 1 saturated heterocycles. The summed E-state index contributed by atoms with van der Waals surface area (Å²) in [4.78, 5) is 13.7. The summed E-state index contributed by atoms with van der Waals surface area (Å²) in [6, 6.07) is 0. The maximum absolute atomic E-state index is 11.4. The van der Waals surface area contributed by atoms with E-state index in [-0.39, 0.29) is 11.9 Å². The molecule has 0 radical (unpaired) electrons. The summed E-state index contributed by atoms with van der Waals surface area (Å²) in [5.41, 5.74) is 0. The highest BCUT2D eigenvalue weighted by molar-refractivity contribution is 14.1. The van der Waals surface area contributed by atoms with Crippen LogP contribution in [0.5, 0.6) is 0 Å². The van der Waals surface area contributed by atoms with Gasteiger partial charge < -0.3 is 4.74 Å². The van der Waals surface area contributed by atoms with E-state index in [9.17, 15) is 4.79 Å². The zero-order valence-electron chi connectivity index (χ0n) is 7.96. The number of hydrogen-bond donors (Lipinski definition) is 0. The summed E-state index contributed by atoms with van der Waals surface area (Å²) in [7, 11) is 0. The molecule has 0 aliphatic carbocycles. The second kappa shape index (κ2) is 5.80. The standard InChI is InChI=1S/C9H16INO2/c1-2-13-9(12)8-4-3-5-11(6-8)7-10/h8H,2-7H2,1H3. The van der Waals surface area contributed by atoms with E-state index < -0.39 is 0 Å². The van der Waals surface area contributed by atoms with Crippen LogP contribution in [0.25, 0.3) is 0 Å². The molecule has 1 atom stereocenters. The summed E-state index contributed by atoms with van der Waals surface area (Å²) in [6.07, 6.45) is 2.11. The van der Waals surface area contributed by atoms with Crippen LogP contribution in [-0.2, 0) is 9.53 Å². The minimum absolute atomic E-state index is 0.0166. The molecule has 0 aromatic carbocycles. The van der Waals surface area contributed by atoms with Gasteiger partial charge in [0.2, 0.25) is 0 Å². The molecule has 1 heterocycles. The first-order valence-electron chi connectivity index (χ1n) is 4.73. The number of nitrogens with zero attached hydrogens (tertiary/aromatic N) is 1. The average molecular weight is 297 g/mol. The zero-order valence-corrected chi connectivity index (χ0v) is 10.1. The Hall–Kier alpha value is 0.160. The molecule has 0 aromatic heterocycles. The summed E-state index contributed by atoms with van der Waals surface area (Å²) < 4.78 is 6.01. The Bertz CT molecular complexity index is 175. The minimum atomic E-state index is -0.0166. The van der Waals surface area contributed by atoms with Gasteiger partial charge in [0.05, 0.1) is 17.1 Å². The molecular formula is C9H16INO2. The van der Waals surface area contributed by atoms with Crippen molar-refractivity contribution < 1.29 is 9.53 Å². The predicted molar refractivity (Wildman–Crippen MR) is 59.8 cm³/mol. The number of ether oxygens (including phenoxy) is 1. The first-order chi connectivity index (χ1) is 6.27. The van der Waals surface area contributed by atoms with Gasteiger partial charge in [0, 0.05) is 6.54 Å². The van der Waals surface area contributed by atoms with Crippen molar-refractivity contribution in [3.05, 3.63) is 0 Å². The fourth-order valence-electron chi connectivity index (χ4n) is 1.62. The zero-order chi connectivity index (χ0) is 9.68. The van der Waals surface area contributed by atoms with Crippen molar-refractivity contribution in [2.45, 2.75) is 19.8 Å². The number of halogens is 1. The lowest BCUT2D eigenvalue weighted by Gasteiger charge is -2.29. The van der Waals surface area contributed by atoms with Crippen molar-refractivity contribution in [2.24, 2.45) is 5.92 Å². The Balaban J connectivity index is 2.37. The minimum Gasteiger partial charge on any atom is -0.466 e. The van der Waals surface area contributed by atoms with Crippen LogP contribution < -0.4 is 0 Å². The number of piperidine rings is 1. The van der Waals surface area contributed by atoms with Crippen LogP contribution in [0, 0.1) is 5.92 Å². The molecule has 3 nitrogen and oxygen atoms in total. The fraction of sp³-hybridized carbons (Fsp3) is 0.889. The molecule has 1 aliphatic heterocycles. The number of alkyl halides is 1. The number of carbonyl (C=O) groups is 1. The van der Waals surface area contributed by atoms with E-state index in [0.717, 1.165) is 30.5 Å². The normalized spacial score (nSPS) is 24.3. The molecule has 1 unspecified atom stereocenters. The molecule has 0 amide bonds. The van der Waals surface area contributed by atoms with Gasteiger partial charge in [-0.1, -0.05) is 22.6 Å². The van der Waals surface area contributed by atoms with Crippen LogP contribution in [0.3, 0.4) is 0 Å². The lowest BCUT2D eigenvalue weighted by molar-refractivity contribution is -0.149. The molecule has 1 aliphatic rings. The largest absolute Gasteiger partial charge is 0.466 e. The second-order valence-corrected chi connectivity index (χ2v) is 3.97. The van der Waals surface area contributed by atoms with Crippen LogP contribution in [0.1, 0.15) is 19.8 Å². The van der Waals surface area contributed by atoms with Crippen LogP contribution in [-0.4, -0.2) is 35.1 Å². The first-order valence-corrected chi connectivity index (χ1v) is 6.25. The van der Waals surface area contributed by atoms with Gasteiger partial charge in [0.15, 0.2) is 0 Å². The van der Waals surface area contributed by atoms with Gasteiger partial charge in [-0.3, -0.25) is 9.69 Å². The summed E-state index contributed by atoms with van der Waals surface area (Å²) in [5, 5.41) is 0. The monoisotopic (exact) mass is 297 g/mol. The van der Waals surface area contributed by atoms with Crippen LogP contribution in [0.15, 0.2) is 0 Å². The number of carbonyl (C=O) groups excluding carboxylic acids is 1. The van der Waals surface area contributed by atoms with Gasteiger partial charge in [-0.2, -0.15) is 0 Å². The molecule has 76 valence electrons. The van der Waals surface area contributed by atoms with E-state index in [2.05, 4.69) is 27.5 Å². The number of likely N-dealkylation sites (tertiary alicyclic amines) is 1. The van der Waals surface area contributed by atoms with Crippen molar-refractivity contribution in [1.82, 2.24) is 4.90 Å². The highest BCUT2D eigenvalue weighted by Crippen LogP contribution is 2.18. The third-order valence-corrected chi connectivity index (χ3v) is 3.26. The Morgan fingerprint density at radius 2 is 2.46 bits per heavy atom. The van der Waals surface area contributed by atoms with E-state index in [1.54, 1.807) is 0 Å². The summed E-state index contributed by atoms with van der Waals surface area (Å²) >= 11 is 2.34. The third kappa shape index (κ3) is 3.42. The van der Waals surface area contributed by atoms with E-state index in [1.165, 1.54) is 0 Å². The quantitative estimate of drug-likeness (QED) is 0.343. The van der Waals surface area contributed by atoms with Crippen molar-refractivity contribution in [3.8, 4) is 0 Å². The van der Waals surface area contributed by atoms with Gasteiger partial charge in [0.1, 0.15) is 0 Å². The summed E-state index contributed by atoms with van der Waals surface area (Å²) in [5.74, 6) is 0.0977. The first kappa shape index (κ1) is 11.2. The van der Waals surface area contributed by atoms with Crippen LogP contribution in [0.4, 0.5) is 0 Å². The van der Waals surface area contributed by atoms with Crippen LogP contribution in [0.2, 0.25) is 0 Å². The third-order valence-electron chi connectivity index (χ3n) is 2.29. The van der Waals surface area contributed by atoms with E-state index >= 15 is 0 Å². The molecule has 1 fully saturated rings. The molecule has 0 N–H and O–H groups in total. The van der Waals surface area contributed by atoms with E-state index in [1.807, 2.05) is 6.92 Å². The lowest BCUT2D eigenvalue weighted by atomic mass is 9.99. The smallest absolute Gasteiger partial charge is 0.310 e. The Kier molecular flexibility index (Phi) is 5.01. The maximum atomic E-state index is 11.4. The predicted octanol–water partition coefficient (Wildman–Crippen LogP) is 1.65. The summed E-state index contributed by atoms with van der Waals surface area (Å²) in [6.45, 7) is 4.36. The van der Waals surface area contributed by atoms with Gasteiger partial charge >= 0.3 is 5.97 Å².